The maximum absolute atomic E-state index is 13.8. The van der Waals surface area contributed by atoms with E-state index in [2.05, 4.69) is 64.8 Å². The predicted octanol–water partition coefficient (Wildman–Crippen LogP) is 11.6. The molecule has 2 aliphatic heterocycles. The molecule has 4 aromatic carbocycles. The van der Waals surface area contributed by atoms with Gasteiger partial charge in [0.15, 0.2) is 31.2 Å². The van der Waals surface area contributed by atoms with Gasteiger partial charge in [-0.15, -0.1) is 52.7 Å². The molecule has 2 amide bonds. The molecule has 520 valence electrons. The van der Waals surface area contributed by atoms with Gasteiger partial charge in [0.05, 0.1) is 9.79 Å². The van der Waals surface area contributed by atoms with Crippen LogP contribution < -0.4 is 39.8 Å². The van der Waals surface area contributed by atoms with Gasteiger partial charge in [-0.25, -0.2) is 41.8 Å². The van der Waals surface area contributed by atoms with Crippen molar-refractivity contribution in [2.24, 2.45) is 0 Å². The molecule has 2 saturated heterocycles. The van der Waals surface area contributed by atoms with Crippen LogP contribution in [0, 0.1) is 0 Å². The van der Waals surface area contributed by atoms with Crippen LogP contribution in [-0.2, 0) is 42.7 Å². The van der Waals surface area contributed by atoms with Gasteiger partial charge < -0.3 is 39.8 Å². The highest BCUT2D eigenvalue weighted by molar-refractivity contribution is 7.89. The number of rotatable bonds is 17. The molecule has 4 aromatic heterocycles. The summed E-state index contributed by atoms with van der Waals surface area (Å²) in [4.78, 5) is 53.5. The second-order valence-corrected chi connectivity index (χ2v) is 28.4. The monoisotopic (exact) mass is 1510 g/mol. The van der Waals surface area contributed by atoms with Crippen LogP contribution in [0.25, 0.3) is 20.7 Å². The Bertz CT molecular complexity index is 4370. The van der Waals surface area contributed by atoms with Gasteiger partial charge in [0.2, 0.25) is 31.9 Å². The summed E-state index contributed by atoms with van der Waals surface area (Å²) in [6, 6.07) is 14.1. The molecule has 2 saturated carbocycles. The van der Waals surface area contributed by atoms with Gasteiger partial charge in [0.25, 0.3) is 0 Å². The van der Waals surface area contributed by atoms with Gasteiger partial charge in [-0.05, 0) is 110 Å². The Morgan fingerprint density at radius 1 is 0.505 bits per heavy atom. The molecule has 41 heteroatoms. The topological polar surface area (TPSA) is 262 Å². The van der Waals surface area contributed by atoms with Crippen molar-refractivity contribution in [3.05, 3.63) is 135 Å². The summed E-state index contributed by atoms with van der Waals surface area (Å²) in [5.41, 5.74) is 1.83. The predicted molar refractivity (Wildman–Crippen MR) is 326 cm³/mol. The Kier molecular flexibility index (Phi) is 21.8. The molecule has 12 rings (SSSR count). The van der Waals surface area contributed by atoms with Crippen molar-refractivity contribution >= 4 is 115 Å². The maximum atomic E-state index is 13.8. The fraction of sp³-hybridized carbons (Fsp3) is 0.357. The van der Waals surface area contributed by atoms with Crippen LogP contribution in [0.5, 0.6) is 23.0 Å². The number of nitrogens with one attached hydrogen (secondary N) is 3. The Balaban J connectivity index is 0.000000180. The molecule has 0 bridgehead atoms. The van der Waals surface area contributed by atoms with Crippen molar-refractivity contribution in [3.8, 4) is 23.0 Å². The third-order valence-electron chi connectivity index (χ3n) is 14.3. The van der Waals surface area contributed by atoms with Crippen LogP contribution in [0.3, 0.4) is 0 Å². The quantitative estimate of drug-likeness (QED) is 0.0565. The zero-order valence-electron chi connectivity index (χ0n) is 48.9. The second kappa shape index (κ2) is 29.2. The van der Waals surface area contributed by atoms with Crippen LogP contribution >= 0.6 is 57.5 Å². The highest BCUT2D eigenvalue weighted by Crippen LogP contribution is 2.43. The number of amides is 2. The molecule has 6 heterocycles. The summed E-state index contributed by atoms with van der Waals surface area (Å²) in [6.07, 6.45) is -15.5. The average Bonchev–Trinajstić information content (AvgIpc) is 1.75. The number of alkyl halides is 12. The second-order valence-electron chi connectivity index (χ2n) is 21.3. The minimum absolute atomic E-state index is 0.0291. The molecule has 0 radical (unpaired) electrons. The molecule has 0 unspecified atom stereocenters. The van der Waals surface area contributed by atoms with Crippen molar-refractivity contribution in [3.63, 3.8) is 0 Å². The van der Waals surface area contributed by atoms with Crippen LogP contribution in [-0.4, -0.2) is 144 Å². The Hall–Kier alpha value is -7.43. The number of sulfonamides is 2. The number of carbonyl (C=O) groups excluding carboxylic acids is 2. The minimum atomic E-state index is -4.98. The molecular formula is C56H47Cl3F12N12O10S4. The molecule has 8 aromatic rings. The summed E-state index contributed by atoms with van der Waals surface area (Å²) in [5.74, 6) is -1.46. The molecule has 0 spiro atoms. The molecule has 4 aliphatic rings. The number of carbonyl (C=O) groups is 2. The third kappa shape index (κ3) is 19.5. The van der Waals surface area contributed by atoms with E-state index in [1.54, 1.807) is 4.90 Å². The standard InChI is InChI=1S/C28H23ClF6N6O5S2.C20H19F6N3O5S.C8H5Cl2N3S/c29-22-21-24(38-23(37-22)16-3-4-16)39-26(47-21)40-11-12-41(48(43,44)19-9-7-18(8-10-19)46-28(33,34)35)20(14-40)25(42)36-13-15-1-5-17(6-2-15)45-27(30,31)32;21-19(22,23)33-14-3-1-13(2-4-14)11-28-18(30)17-12-27-9-10-29(17)35(31,32)16-7-5-15(6-8-16)34-20(24,25)26;9-5-4-7(13-8(10)14-4)12-6(11-5)3-1-2-3/h1-2,5-10,16,20H,3-4,11-14H2,(H,36,42);1-8,17,27H,9-12H2,(H,28,30);3H,1-2H2/t20-;17-;/m11./s1. The van der Waals surface area contributed by atoms with Crippen LogP contribution in [0.1, 0.15) is 60.3 Å². The SMILES string of the molecule is Clc1nc2nc(C3CC3)nc(Cl)c2s1.O=C(NCc1ccc(OC(F)(F)F)cc1)[C@H]1CN(c2nc3nc(C4CC4)nc(Cl)c3s2)CCN1S(=O)(=O)c1ccc(OC(F)(F)F)cc1.O=C(NCc1ccc(OC(F)(F)F)cc1)[C@H]1CNCCN1S(=O)(=O)c1ccc(OC(F)(F)F)cc1. The lowest BCUT2D eigenvalue weighted by atomic mass is 10.1. The van der Waals surface area contributed by atoms with Gasteiger partial charge in [-0.3, -0.25) is 9.59 Å². The van der Waals surface area contributed by atoms with Gasteiger partial charge in [-0.2, -0.15) is 13.6 Å². The molecular weight excluding hydrogens is 1460 g/mol. The minimum Gasteiger partial charge on any atom is -0.406 e. The van der Waals surface area contributed by atoms with E-state index in [0.717, 1.165) is 118 Å². The zero-order valence-corrected chi connectivity index (χ0v) is 54.5. The Morgan fingerprint density at radius 3 is 1.30 bits per heavy atom. The fourth-order valence-corrected chi connectivity index (χ4v) is 15.1. The van der Waals surface area contributed by atoms with Crippen LogP contribution in [0.4, 0.5) is 57.8 Å². The maximum Gasteiger partial charge on any atom is 0.573 e. The Morgan fingerprint density at radius 2 is 0.887 bits per heavy atom. The van der Waals surface area contributed by atoms with E-state index in [-0.39, 0.29) is 73.2 Å². The van der Waals surface area contributed by atoms with Crippen molar-refractivity contribution in [2.45, 2.75) is 97.9 Å². The normalized spacial score (nSPS) is 17.5. The first-order valence-corrected chi connectivity index (χ1v) is 34.0. The highest BCUT2D eigenvalue weighted by Gasteiger charge is 2.43. The van der Waals surface area contributed by atoms with E-state index in [1.807, 2.05) is 0 Å². The number of hydrogen-bond donors (Lipinski definition) is 3. The van der Waals surface area contributed by atoms with Crippen molar-refractivity contribution in [1.29, 1.82) is 0 Å². The van der Waals surface area contributed by atoms with Gasteiger partial charge in [-0.1, -0.05) is 81.7 Å². The summed E-state index contributed by atoms with van der Waals surface area (Å²) in [5, 5.41) is 9.16. The first kappa shape index (κ1) is 72.3. The number of fused-ring (bicyclic) bond motifs is 2. The van der Waals surface area contributed by atoms with E-state index in [9.17, 15) is 79.1 Å². The molecule has 3 N–H and O–H groups in total. The van der Waals surface area contributed by atoms with Gasteiger partial charge in [0.1, 0.15) is 56.1 Å². The van der Waals surface area contributed by atoms with Crippen molar-refractivity contribution < 1.29 is 98.1 Å². The van der Waals surface area contributed by atoms with Crippen LogP contribution in [0.2, 0.25) is 14.8 Å². The van der Waals surface area contributed by atoms with Crippen molar-refractivity contribution in [1.82, 2.24) is 54.5 Å². The van der Waals surface area contributed by atoms with Crippen molar-refractivity contribution in [2.75, 3.05) is 44.2 Å². The molecule has 4 fully saturated rings. The number of hydrogen-bond acceptors (Lipinski definition) is 20. The summed E-state index contributed by atoms with van der Waals surface area (Å²) < 4.78 is 222. The third-order valence-corrected chi connectivity index (χ3v) is 21.2. The zero-order chi connectivity index (χ0) is 70.0. The number of anilines is 1. The lowest BCUT2D eigenvalue weighted by Gasteiger charge is -2.39. The fourth-order valence-electron chi connectivity index (χ4n) is 9.53. The van der Waals surface area contributed by atoms with E-state index >= 15 is 0 Å². The summed E-state index contributed by atoms with van der Waals surface area (Å²) >= 11 is 20.7. The van der Waals surface area contributed by atoms with E-state index in [4.69, 9.17) is 34.8 Å². The number of aromatic nitrogens is 6. The highest BCUT2D eigenvalue weighted by atomic mass is 35.5. The first-order chi connectivity index (χ1) is 45.5. The molecule has 97 heavy (non-hydrogen) atoms. The summed E-state index contributed by atoms with van der Waals surface area (Å²) in [6.45, 7) is -0.456. The summed E-state index contributed by atoms with van der Waals surface area (Å²) in [7, 11) is -8.69. The van der Waals surface area contributed by atoms with E-state index < -0.39 is 92.4 Å². The number of nitrogens with zero attached hydrogens (tertiary/aromatic N) is 9. The van der Waals surface area contributed by atoms with Gasteiger partial charge in [0, 0.05) is 64.2 Å². The number of ether oxygens (including phenoxy) is 4. The number of benzene rings is 4. The van der Waals surface area contributed by atoms with Gasteiger partial charge >= 0.3 is 25.4 Å². The molecule has 22 nitrogen and oxygen atoms in total. The van der Waals surface area contributed by atoms with Crippen LogP contribution in [0.15, 0.2) is 107 Å². The number of halogens is 15. The Labute approximate surface area is 564 Å². The number of thiazole rings is 2. The lowest BCUT2D eigenvalue weighted by Crippen LogP contribution is -2.60. The molecule has 2 aliphatic carbocycles. The average molecular weight is 1510 g/mol. The molecule has 2 atom stereocenters. The largest absolute Gasteiger partial charge is 0.573 e. The van der Waals surface area contributed by atoms with E-state index in [0.29, 0.717) is 53.6 Å². The smallest absolute Gasteiger partial charge is 0.406 e. The number of piperazine rings is 2. The first-order valence-electron chi connectivity index (χ1n) is 28.3. The lowest BCUT2D eigenvalue weighted by molar-refractivity contribution is -0.275. The van der Waals surface area contributed by atoms with E-state index in [1.165, 1.54) is 46.9 Å².